The minimum absolute atomic E-state index is 0.168. The number of rotatable bonds is 6. The number of carboxylic acid groups (broad SMARTS) is 1. The van der Waals surface area contributed by atoms with Gasteiger partial charge < -0.3 is 24.2 Å². The third-order valence-electron chi connectivity index (χ3n) is 5.61. The van der Waals surface area contributed by atoms with Gasteiger partial charge in [-0.1, -0.05) is 12.1 Å². The second-order valence-electron chi connectivity index (χ2n) is 7.65. The molecule has 2 aliphatic rings. The molecule has 32 heavy (non-hydrogen) atoms. The molecule has 2 aliphatic heterocycles. The molecule has 8 heteroatoms. The zero-order chi connectivity index (χ0) is 22.7. The summed E-state index contributed by atoms with van der Waals surface area (Å²) in [5, 5.41) is 9.06. The van der Waals surface area contributed by atoms with Crippen LogP contribution in [0.3, 0.4) is 0 Å². The zero-order valence-electron chi connectivity index (χ0n) is 17.6. The first-order valence-electron chi connectivity index (χ1n) is 10.3. The number of piperidine rings is 1. The normalized spacial score (nSPS) is 17.1. The molecule has 166 valence electrons. The van der Waals surface area contributed by atoms with Gasteiger partial charge in [0.1, 0.15) is 17.2 Å². The van der Waals surface area contributed by atoms with Gasteiger partial charge in [-0.25, -0.2) is 0 Å². The van der Waals surface area contributed by atoms with Crippen LogP contribution in [-0.2, 0) is 9.59 Å². The van der Waals surface area contributed by atoms with Gasteiger partial charge in [-0.05, 0) is 48.7 Å². The van der Waals surface area contributed by atoms with E-state index in [1.807, 2.05) is 12.1 Å². The topological polar surface area (TPSA) is 102 Å². The van der Waals surface area contributed by atoms with Crippen molar-refractivity contribution in [3.05, 3.63) is 59.4 Å². The molecule has 0 aliphatic carbocycles. The van der Waals surface area contributed by atoms with E-state index in [-0.39, 0.29) is 24.1 Å². The summed E-state index contributed by atoms with van der Waals surface area (Å²) in [6, 6.07) is 12.1. The van der Waals surface area contributed by atoms with E-state index in [1.54, 1.807) is 48.4 Å². The van der Waals surface area contributed by atoms with Crippen molar-refractivity contribution in [2.24, 2.45) is 5.92 Å². The van der Waals surface area contributed by atoms with Gasteiger partial charge in [0.2, 0.25) is 5.78 Å². The molecule has 4 rings (SSSR count). The maximum Gasteiger partial charge on any atom is 0.306 e. The van der Waals surface area contributed by atoms with Crippen molar-refractivity contribution in [3.8, 4) is 17.2 Å². The lowest BCUT2D eigenvalue weighted by Gasteiger charge is -2.30. The molecule has 0 aromatic heterocycles. The van der Waals surface area contributed by atoms with Crippen molar-refractivity contribution < 1.29 is 33.7 Å². The van der Waals surface area contributed by atoms with E-state index in [4.69, 9.17) is 19.3 Å². The van der Waals surface area contributed by atoms with Crippen molar-refractivity contribution in [1.82, 2.24) is 4.90 Å². The summed E-state index contributed by atoms with van der Waals surface area (Å²) in [6.07, 6.45) is 2.55. The Labute approximate surface area is 185 Å². The number of allylic oxidation sites excluding steroid dienone is 1. The van der Waals surface area contributed by atoms with Crippen molar-refractivity contribution in [2.75, 3.05) is 26.8 Å². The molecule has 1 N–H and O–H groups in total. The number of carbonyl (C=O) groups is 3. The van der Waals surface area contributed by atoms with Crippen LogP contribution >= 0.6 is 0 Å². The first-order chi connectivity index (χ1) is 15.4. The number of carboxylic acids is 1. The van der Waals surface area contributed by atoms with E-state index in [1.165, 1.54) is 0 Å². The number of likely N-dealkylation sites (tertiary alicyclic amines) is 1. The highest BCUT2D eigenvalue weighted by Crippen LogP contribution is 2.35. The first-order valence-corrected chi connectivity index (χ1v) is 10.3. The number of Topliss-reactive ketones (excluding diaryl/α,β-unsaturated/α-hetero) is 1. The van der Waals surface area contributed by atoms with Crippen LogP contribution < -0.4 is 14.2 Å². The van der Waals surface area contributed by atoms with Crippen LogP contribution in [0.25, 0.3) is 6.08 Å². The molecular formula is C24H23NO7. The number of hydrogen-bond donors (Lipinski definition) is 1. The summed E-state index contributed by atoms with van der Waals surface area (Å²) in [4.78, 5) is 37.7. The van der Waals surface area contributed by atoms with Crippen LogP contribution in [0, 0.1) is 5.92 Å². The number of nitrogens with zero attached hydrogens (tertiary/aromatic N) is 1. The first kappa shape index (κ1) is 21.4. The maximum absolute atomic E-state index is 12.6. The largest absolute Gasteiger partial charge is 0.497 e. The van der Waals surface area contributed by atoms with Gasteiger partial charge in [-0.15, -0.1) is 0 Å². The Hall–Kier alpha value is -3.81. The molecule has 0 radical (unpaired) electrons. The predicted molar refractivity (Wildman–Crippen MR) is 115 cm³/mol. The van der Waals surface area contributed by atoms with Crippen LogP contribution in [0.5, 0.6) is 17.2 Å². The smallest absolute Gasteiger partial charge is 0.306 e. The monoisotopic (exact) mass is 437 g/mol. The van der Waals surface area contributed by atoms with Gasteiger partial charge >= 0.3 is 5.97 Å². The van der Waals surface area contributed by atoms with Gasteiger partial charge in [0.15, 0.2) is 12.4 Å². The fraction of sp³-hybridized carbons (Fsp3) is 0.292. The van der Waals surface area contributed by atoms with Gasteiger partial charge in [0.25, 0.3) is 5.91 Å². The molecule has 0 spiro atoms. The molecule has 1 fully saturated rings. The predicted octanol–water partition coefficient (Wildman–Crippen LogP) is 3.01. The molecule has 0 bridgehead atoms. The number of ether oxygens (including phenoxy) is 3. The van der Waals surface area contributed by atoms with Crippen molar-refractivity contribution in [3.63, 3.8) is 0 Å². The molecule has 8 nitrogen and oxygen atoms in total. The molecule has 1 amide bonds. The van der Waals surface area contributed by atoms with Crippen LogP contribution in [0.4, 0.5) is 0 Å². The number of aliphatic carboxylic acids is 1. The minimum atomic E-state index is -0.818. The second-order valence-corrected chi connectivity index (χ2v) is 7.65. The maximum atomic E-state index is 12.6. The molecule has 0 atom stereocenters. The fourth-order valence-corrected chi connectivity index (χ4v) is 3.72. The lowest BCUT2D eigenvalue weighted by molar-refractivity contribution is -0.146. The molecular weight excluding hydrogens is 414 g/mol. The Morgan fingerprint density at radius 2 is 1.81 bits per heavy atom. The molecule has 2 aromatic carbocycles. The number of ketones is 1. The van der Waals surface area contributed by atoms with Crippen molar-refractivity contribution in [1.29, 1.82) is 0 Å². The number of benzene rings is 2. The SMILES string of the molecule is COc1ccc(C=C2Oc3cc(OCC(=O)N4CCC(C(=O)O)CC4)ccc3C2=O)cc1. The Morgan fingerprint density at radius 3 is 2.47 bits per heavy atom. The number of methoxy groups -OCH3 is 1. The van der Waals surface area contributed by atoms with E-state index in [0.717, 1.165) is 11.3 Å². The molecule has 2 aromatic rings. The summed E-state index contributed by atoms with van der Waals surface area (Å²) in [5.41, 5.74) is 1.23. The average Bonchev–Trinajstić information content (AvgIpc) is 3.12. The highest BCUT2D eigenvalue weighted by Gasteiger charge is 2.29. The Morgan fingerprint density at radius 1 is 1.12 bits per heavy atom. The van der Waals surface area contributed by atoms with E-state index < -0.39 is 11.9 Å². The molecule has 0 unspecified atom stereocenters. The molecule has 0 saturated carbocycles. The van der Waals surface area contributed by atoms with Gasteiger partial charge in [-0.2, -0.15) is 0 Å². The van der Waals surface area contributed by atoms with Crippen LogP contribution in [0.2, 0.25) is 0 Å². The third kappa shape index (κ3) is 4.59. The zero-order valence-corrected chi connectivity index (χ0v) is 17.6. The van der Waals surface area contributed by atoms with Crippen LogP contribution in [-0.4, -0.2) is 54.5 Å². The van der Waals surface area contributed by atoms with E-state index in [0.29, 0.717) is 43.0 Å². The third-order valence-corrected chi connectivity index (χ3v) is 5.61. The standard InChI is InChI=1S/C24H23NO7/c1-30-17-4-2-15(3-5-17)12-21-23(27)19-7-6-18(13-20(19)32-21)31-14-22(26)25-10-8-16(9-11-25)24(28)29/h2-7,12-13,16H,8-11,14H2,1H3,(H,28,29). The molecule has 2 heterocycles. The van der Waals surface area contributed by atoms with Crippen molar-refractivity contribution in [2.45, 2.75) is 12.8 Å². The van der Waals surface area contributed by atoms with Gasteiger partial charge in [0.05, 0.1) is 18.6 Å². The van der Waals surface area contributed by atoms with E-state index >= 15 is 0 Å². The quantitative estimate of drug-likeness (QED) is 0.693. The number of carbonyl (C=O) groups excluding carboxylic acids is 2. The van der Waals surface area contributed by atoms with Gasteiger partial charge in [-0.3, -0.25) is 14.4 Å². The summed E-state index contributed by atoms with van der Waals surface area (Å²) < 4.78 is 16.5. The van der Waals surface area contributed by atoms with Gasteiger partial charge in [0, 0.05) is 19.2 Å². The van der Waals surface area contributed by atoms with Crippen LogP contribution in [0.15, 0.2) is 48.2 Å². The summed E-state index contributed by atoms with van der Waals surface area (Å²) >= 11 is 0. The Kier molecular flexibility index (Phi) is 6.11. The average molecular weight is 437 g/mol. The van der Waals surface area contributed by atoms with Crippen molar-refractivity contribution >= 4 is 23.7 Å². The summed E-state index contributed by atoms with van der Waals surface area (Å²) in [6.45, 7) is 0.639. The lowest BCUT2D eigenvalue weighted by Crippen LogP contribution is -2.42. The van der Waals surface area contributed by atoms with E-state index in [9.17, 15) is 14.4 Å². The summed E-state index contributed by atoms with van der Waals surface area (Å²) in [5.74, 6) is 0.0774. The fourth-order valence-electron chi connectivity index (χ4n) is 3.72. The number of hydrogen-bond acceptors (Lipinski definition) is 6. The lowest BCUT2D eigenvalue weighted by atomic mass is 9.97. The minimum Gasteiger partial charge on any atom is -0.497 e. The Bertz CT molecular complexity index is 1070. The highest BCUT2D eigenvalue weighted by molar-refractivity contribution is 6.14. The Balaban J connectivity index is 1.36. The number of amides is 1. The number of fused-ring (bicyclic) bond motifs is 1. The summed E-state index contributed by atoms with van der Waals surface area (Å²) in [7, 11) is 1.59. The van der Waals surface area contributed by atoms with E-state index in [2.05, 4.69) is 0 Å². The molecule has 1 saturated heterocycles. The van der Waals surface area contributed by atoms with Crippen LogP contribution in [0.1, 0.15) is 28.8 Å². The second kappa shape index (κ2) is 9.13. The highest BCUT2D eigenvalue weighted by atomic mass is 16.5.